The Bertz CT molecular complexity index is 536. The summed E-state index contributed by atoms with van der Waals surface area (Å²) in [7, 11) is 0. The molecule has 1 saturated heterocycles. The quantitative estimate of drug-likeness (QED) is 0.673. The van der Waals surface area contributed by atoms with E-state index in [1.54, 1.807) is 18.5 Å². The molecule has 2 rings (SSSR count). The zero-order chi connectivity index (χ0) is 17.4. The van der Waals surface area contributed by atoms with Crippen molar-refractivity contribution < 1.29 is 14.3 Å². The van der Waals surface area contributed by atoms with Gasteiger partial charge in [-0.1, -0.05) is 13.8 Å². The van der Waals surface area contributed by atoms with Gasteiger partial charge < -0.3 is 15.4 Å². The number of nitrogens with zero attached hydrogens (tertiary/aromatic N) is 2. The molecule has 0 aliphatic carbocycles. The summed E-state index contributed by atoms with van der Waals surface area (Å²) in [6, 6.07) is 3.21. The first-order chi connectivity index (χ1) is 11.6. The highest BCUT2D eigenvalue weighted by Gasteiger charge is 2.31. The van der Waals surface area contributed by atoms with Gasteiger partial charge in [0.1, 0.15) is 12.4 Å². The Morgan fingerprint density at radius 1 is 1.54 bits per heavy atom. The summed E-state index contributed by atoms with van der Waals surface area (Å²) in [5.41, 5.74) is 0. The van der Waals surface area contributed by atoms with Crippen molar-refractivity contribution in [3.05, 3.63) is 24.5 Å². The van der Waals surface area contributed by atoms with Gasteiger partial charge in [0.25, 0.3) is 0 Å². The van der Waals surface area contributed by atoms with Crippen LogP contribution >= 0.6 is 0 Å². The van der Waals surface area contributed by atoms with Crippen LogP contribution in [0.2, 0.25) is 0 Å². The molecular weight excluding hydrogens is 308 g/mol. The van der Waals surface area contributed by atoms with Gasteiger partial charge in [0.05, 0.1) is 25.2 Å². The van der Waals surface area contributed by atoms with Gasteiger partial charge in [-0.05, 0) is 18.1 Å². The van der Waals surface area contributed by atoms with Crippen LogP contribution in [0.25, 0.3) is 0 Å². The molecule has 0 radical (unpaired) electrons. The molecule has 0 bridgehead atoms. The molecule has 2 heterocycles. The van der Waals surface area contributed by atoms with E-state index in [1.165, 1.54) is 0 Å². The Morgan fingerprint density at radius 2 is 2.38 bits per heavy atom. The monoisotopic (exact) mass is 334 g/mol. The molecule has 0 aromatic carbocycles. The first-order valence-corrected chi connectivity index (χ1v) is 8.37. The van der Waals surface area contributed by atoms with Crippen molar-refractivity contribution in [1.29, 1.82) is 0 Å². The van der Waals surface area contributed by atoms with Gasteiger partial charge in [-0.2, -0.15) is 0 Å². The van der Waals surface area contributed by atoms with Gasteiger partial charge >= 0.3 is 0 Å². The number of pyridine rings is 1. The van der Waals surface area contributed by atoms with Crippen LogP contribution in [0.5, 0.6) is 5.75 Å². The van der Waals surface area contributed by atoms with E-state index in [2.05, 4.69) is 34.4 Å². The predicted octanol–water partition coefficient (Wildman–Crippen LogP) is 0.423. The van der Waals surface area contributed by atoms with Crippen LogP contribution in [0.3, 0.4) is 0 Å². The number of piperazine rings is 1. The van der Waals surface area contributed by atoms with Crippen LogP contribution in [0.15, 0.2) is 24.5 Å². The Balaban J connectivity index is 1.74. The number of ether oxygens (including phenoxy) is 1. The topological polar surface area (TPSA) is 83.6 Å². The Labute approximate surface area is 142 Å². The summed E-state index contributed by atoms with van der Waals surface area (Å²) < 4.78 is 5.47. The molecule has 7 nitrogen and oxygen atoms in total. The third-order valence-electron chi connectivity index (χ3n) is 3.75. The maximum absolute atomic E-state index is 12.1. The molecule has 0 saturated carbocycles. The number of nitrogens with one attached hydrogen (secondary N) is 2. The lowest BCUT2D eigenvalue weighted by Gasteiger charge is -2.35. The number of carbonyl (C=O) groups excluding carboxylic acids is 2. The highest BCUT2D eigenvalue weighted by Crippen LogP contribution is 2.11. The highest BCUT2D eigenvalue weighted by atomic mass is 16.5. The van der Waals surface area contributed by atoms with Gasteiger partial charge in [0.2, 0.25) is 11.8 Å². The van der Waals surface area contributed by atoms with E-state index in [0.717, 1.165) is 13.1 Å². The molecule has 1 aromatic rings. The van der Waals surface area contributed by atoms with Crippen molar-refractivity contribution in [1.82, 2.24) is 20.5 Å². The zero-order valence-electron chi connectivity index (χ0n) is 14.3. The van der Waals surface area contributed by atoms with Crippen molar-refractivity contribution >= 4 is 11.8 Å². The number of rotatable bonds is 8. The van der Waals surface area contributed by atoms with Crippen molar-refractivity contribution in [3.63, 3.8) is 0 Å². The highest BCUT2D eigenvalue weighted by molar-refractivity contribution is 5.88. The van der Waals surface area contributed by atoms with Crippen LogP contribution < -0.4 is 15.4 Å². The summed E-state index contributed by atoms with van der Waals surface area (Å²) in [5, 5.41) is 5.64. The number of hydrogen-bond donors (Lipinski definition) is 2. The Kier molecular flexibility index (Phi) is 6.99. The Morgan fingerprint density at radius 3 is 3.08 bits per heavy atom. The fourth-order valence-electron chi connectivity index (χ4n) is 2.71. The molecule has 1 aromatic heterocycles. The van der Waals surface area contributed by atoms with Crippen molar-refractivity contribution in [3.8, 4) is 5.75 Å². The number of amides is 2. The van der Waals surface area contributed by atoms with E-state index in [4.69, 9.17) is 4.74 Å². The molecule has 1 unspecified atom stereocenters. The summed E-state index contributed by atoms with van der Waals surface area (Å²) in [6.45, 7) is 7.22. The summed E-state index contributed by atoms with van der Waals surface area (Å²) in [5.74, 6) is 0.917. The third kappa shape index (κ3) is 5.81. The second kappa shape index (κ2) is 9.22. The number of carbonyl (C=O) groups is 2. The predicted molar refractivity (Wildman–Crippen MR) is 90.6 cm³/mol. The molecular formula is C17H26N4O3. The lowest BCUT2D eigenvalue weighted by Crippen LogP contribution is -2.57. The van der Waals surface area contributed by atoms with Gasteiger partial charge in [0, 0.05) is 25.8 Å². The molecule has 7 heteroatoms. The van der Waals surface area contributed by atoms with E-state index in [0.29, 0.717) is 31.4 Å². The maximum Gasteiger partial charge on any atom is 0.237 e. The minimum atomic E-state index is -0.389. The normalized spacial score (nSPS) is 18.3. The Hall–Kier alpha value is -2.15. The lowest BCUT2D eigenvalue weighted by atomic mass is 10.1. The average Bonchev–Trinajstić information content (AvgIpc) is 2.55. The minimum absolute atomic E-state index is 0.0661. The fourth-order valence-corrected chi connectivity index (χ4v) is 2.71. The molecule has 24 heavy (non-hydrogen) atoms. The van der Waals surface area contributed by atoms with Crippen LogP contribution in [-0.4, -0.2) is 60.5 Å². The second-order valence-corrected chi connectivity index (χ2v) is 6.29. The molecule has 0 spiro atoms. The van der Waals surface area contributed by atoms with Crippen LogP contribution in [-0.2, 0) is 9.59 Å². The largest absolute Gasteiger partial charge is 0.490 e. The molecule has 1 aliphatic rings. The van der Waals surface area contributed by atoms with Crippen molar-refractivity contribution in [2.45, 2.75) is 26.3 Å². The van der Waals surface area contributed by atoms with Gasteiger partial charge in [0.15, 0.2) is 0 Å². The van der Waals surface area contributed by atoms with Crippen LogP contribution in [0.4, 0.5) is 0 Å². The van der Waals surface area contributed by atoms with Crippen molar-refractivity contribution in [2.75, 3.05) is 32.8 Å². The van der Waals surface area contributed by atoms with Crippen LogP contribution in [0.1, 0.15) is 20.3 Å². The molecule has 1 fully saturated rings. The van der Waals surface area contributed by atoms with Crippen molar-refractivity contribution in [2.24, 2.45) is 5.92 Å². The first kappa shape index (κ1) is 18.2. The second-order valence-electron chi connectivity index (χ2n) is 6.29. The standard InChI is InChI=1S/C17H26N4O3/c1-13(2)12-21-8-6-20-17(23)15(21)10-16(22)19-7-9-24-14-4-3-5-18-11-14/h3-5,11,13,15H,6-10,12H2,1-2H3,(H,19,22)(H,20,23). The molecule has 2 N–H and O–H groups in total. The first-order valence-electron chi connectivity index (χ1n) is 8.37. The van der Waals surface area contributed by atoms with E-state index in [9.17, 15) is 9.59 Å². The number of hydrogen-bond acceptors (Lipinski definition) is 5. The third-order valence-corrected chi connectivity index (χ3v) is 3.75. The zero-order valence-corrected chi connectivity index (χ0v) is 14.3. The number of aromatic nitrogens is 1. The smallest absolute Gasteiger partial charge is 0.237 e. The fraction of sp³-hybridized carbons (Fsp3) is 0.588. The lowest BCUT2D eigenvalue weighted by molar-refractivity contribution is -0.134. The van der Waals surface area contributed by atoms with Gasteiger partial charge in [-0.3, -0.25) is 19.5 Å². The summed E-state index contributed by atoms with van der Waals surface area (Å²) >= 11 is 0. The van der Waals surface area contributed by atoms with Gasteiger partial charge in [-0.25, -0.2) is 0 Å². The molecule has 132 valence electrons. The maximum atomic E-state index is 12.1. The van der Waals surface area contributed by atoms with E-state index in [1.807, 2.05) is 6.07 Å². The van der Waals surface area contributed by atoms with E-state index >= 15 is 0 Å². The van der Waals surface area contributed by atoms with E-state index < -0.39 is 0 Å². The minimum Gasteiger partial charge on any atom is -0.490 e. The molecule has 2 amide bonds. The summed E-state index contributed by atoms with van der Waals surface area (Å²) in [4.78, 5) is 30.2. The molecule has 1 atom stereocenters. The SMILES string of the molecule is CC(C)CN1CCNC(=O)C1CC(=O)NCCOc1cccnc1. The van der Waals surface area contributed by atoms with Crippen LogP contribution in [0, 0.1) is 5.92 Å². The van der Waals surface area contributed by atoms with E-state index in [-0.39, 0.29) is 24.3 Å². The summed E-state index contributed by atoms with van der Waals surface area (Å²) in [6.07, 6.45) is 3.47. The average molecular weight is 334 g/mol. The molecule has 1 aliphatic heterocycles. The van der Waals surface area contributed by atoms with Gasteiger partial charge in [-0.15, -0.1) is 0 Å².